The van der Waals surface area contributed by atoms with E-state index in [1.807, 2.05) is 30.3 Å². The highest BCUT2D eigenvalue weighted by molar-refractivity contribution is 6.18. The molecule has 0 spiro atoms. The van der Waals surface area contributed by atoms with E-state index in [-0.39, 0.29) is 0 Å². The predicted molar refractivity (Wildman–Crippen MR) is 82.7 cm³/mol. The molecule has 1 unspecified atom stereocenters. The van der Waals surface area contributed by atoms with Crippen molar-refractivity contribution in [1.29, 1.82) is 0 Å². The number of methoxy groups -OCH3 is 1. The van der Waals surface area contributed by atoms with Gasteiger partial charge in [0.05, 0.1) is 7.11 Å². The quantitative estimate of drug-likeness (QED) is 0.814. The van der Waals surface area contributed by atoms with Crippen molar-refractivity contribution in [2.45, 2.75) is 12.8 Å². The fraction of sp³-hybridized carbons (Fsp3) is 0.294. The van der Waals surface area contributed by atoms with Crippen LogP contribution in [0.1, 0.15) is 11.1 Å². The zero-order chi connectivity index (χ0) is 14.4. The van der Waals surface area contributed by atoms with E-state index >= 15 is 0 Å². The van der Waals surface area contributed by atoms with Gasteiger partial charge in [0.25, 0.3) is 0 Å². The van der Waals surface area contributed by atoms with E-state index in [2.05, 4.69) is 6.07 Å². The zero-order valence-electron chi connectivity index (χ0n) is 11.6. The zero-order valence-corrected chi connectivity index (χ0v) is 12.3. The number of ether oxygens (including phenoxy) is 1. The summed E-state index contributed by atoms with van der Waals surface area (Å²) in [6.45, 7) is 0. The molecule has 2 nitrogen and oxygen atoms in total. The Morgan fingerprint density at radius 2 is 1.70 bits per heavy atom. The van der Waals surface area contributed by atoms with Gasteiger partial charge in [0, 0.05) is 5.88 Å². The Kier molecular flexibility index (Phi) is 5.31. The van der Waals surface area contributed by atoms with Crippen LogP contribution in [0.25, 0.3) is 0 Å². The van der Waals surface area contributed by atoms with Gasteiger partial charge in [-0.2, -0.15) is 0 Å². The highest BCUT2D eigenvalue weighted by Gasteiger charge is 2.10. The molecule has 0 amide bonds. The van der Waals surface area contributed by atoms with E-state index < -0.39 is 0 Å². The number of rotatable bonds is 6. The third kappa shape index (κ3) is 4.17. The van der Waals surface area contributed by atoms with E-state index in [1.165, 1.54) is 5.56 Å². The number of hydrogen-bond acceptors (Lipinski definition) is 2. The van der Waals surface area contributed by atoms with Crippen LogP contribution in [0.3, 0.4) is 0 Å². The first kappa shape index (κ1) is 14.7. The van der Waals surface area contributed by atoms with Crippen molar-refractivity contribution in [3.05, 3.63) is 59.7 Å². The Bertz CT molecular complexity index is 554. The molecule has 3 heteroatoms. The van der Waals surface area contributed by atoms with E-state index in [4.69, 9.17) is 16.3 Å². The summed E-state index contributed by atoms with van der Waals surface area (Å²) < 4.78 is 5.24. The summed E-state index contributed by atoms with van der Waals surface area (Å²) in [6.07, 6.45) is 1.76. The van der Waals surface area contributed by atoms with E-state index in [1.54, 1.807) is 19.2 Å². The van der Waals surface area contributed by atoms with Crippen molar-refractivity contribution in [2.75, 3.05) is 13.0 Å². The SMILES string of the molecule is COc1cccc(CC(CCl)Cc2cccc(O)c2)c1. The second kappa shape index (κ2) is 7.20. The fourth-order valence-corrected chi connectivity index (χ4v) is 2.55. The third-order valence-electron chi connectivity index (χ3n) is 3.31. The highest BCUT2D eigenvalue weighted by Crippen LogP contribution is 2.21. The smallest absolute Gasteiger partial charge is 0.119 e. The Hall–Kier alpha value is -1.67. The molecule has 2 rings (SSSR count). The predicted octanol–water partition coefficient (Wildman–Crippen LogP) is 4.04. The molecule has 0 aliphatic rings. The van der Waals surface area contributed by atoms with Crippen LogP contribution in [0.2, 0.25) is 0 Å². The van der Waals surface area contributed by atoms with Crippen molar-refractivity contribution >= 4 is 11.6 Å². The van der Waals surface area contributed by atoms with Gasteiger partial charge in [-0.3, -0.25) is 0 Å². The van der Waals surface area contributed by atoms with Crippen LogP contribution in [0, 0.1) is 5.92 Å². The van der Waals surface area contributed by atoms with Gasteiger partial charge < -0.3 is 9.84 Å². The molecule has 20 heavy (non-hydrogen) atoms. The van der Waals surface area contributed by atoms with Crippen LogP contribution in [0.15, 0.2) is 48.5 Å². The summed E-state index contributed by atoms with van der Waals surface area (Å²) >= 11 is 6.09. The normalized spacial score (nSPS) is 12.1. The maximum absolute atomic E-state index is 9.51. The van der Waals surface area contributed by atoms with Crippen LogP contribution in [-0.4, -0.2) is 18.1 Å². The monoisotopic (exact) mass is 290 g/mol. The largest absolute Gasteiger partial charge is 0.508 e. The Morgan fingerprint density at radius 3 is 2.30 bits per heavy atom. The molecule has 1 N–H and O–H groups in total. The molecule has 0 radical (unpaired) electrons. The first-order valence-corrected chi connectivity index (χ1v) is 7.21. The molecular formula is C17H19ClO2. The van der Waals surface area contributed by atoms with Gasteiger partial charge in [-0.05, 0) is 54.2 Å². The van der Waals surface area contributed by atoms with Gasteiger partial charge in [-0.25, -0.2) is 0 Å². The lowest BCUT2D eigenvalue weighted by atomic mass is 9.94. The molecule has 0 fully saturated rings. The van der Waals surface area contributed by atoms with Gasteiger partial charge in [0.2, 0.25) is 0 Å². The molecule has 0 aliphatic heterocycles. The number of halogens is 1. The molecule has 0 aromatic heterocycles. The summed E-state index contributed by atoms with van der Waals surface area (Å²) in [5.74, 6) is 2.10. The second-order valence-corrected chi connectivity index (χ2v) is 5.26. The number of benzene rings is 2. The minimum atomic E-state index is 0.303. The lowest BCUT2D eigenvalue weighted by Crippen LogP contribution is -2.10. The maximum atomic E-state index is 9.51. The number of phenolic OH excluding ortho intramolecular Hbond substituents is 1. The van der Waals surface area contributed by atoms with E-state index in [9.17, 15) is 5.11 Å². The van der Waals surface area contributed by atoms with Crippen LogP contribution in [-0.2, 0) is 12.8 Å². The van der Waals surface area contributed by atoms with Crippen molar-refractivity contribution in [3.8, 4) is 11.5 Å². The molecule has 0 saturated heterocycles. The molecule has 0 saturated carbocycles. The highest BCUT2D eigenvalue weighted by atomic mass is 35.5. The Labute approximate surface area is 125 Å². The number of aromatic hydroxyl groups is 1. The fourth-order valence-electron chi connectivity index (χ4n) is 2.33. The Morgan fingerprint density at radius 1 is 1.05 bits per heavy atom. The first-order valence-electron chi connectivity index (χ1n) is 6.68. The molecule has 106 valence electrons. The van der Waals surface area contributed by atoms with Gasteiger partial charge in [-0.1, -0.05) is 24.3 Å². The third-order valence-corrected chi connectivity index (χ3v) is 3.75. The van der Waals surface area contributed by atoms with Crippen LogP contribution in [0.5, 0.6) is 11.5 Å². The Balaban J connectivity index is 2.05. The number of hydrogen-bond donors (Lipinski definition) is 1. The number of alkyl halides is 1. The minimum Gasteiger partial charge on any atom is -0.508 e. The average molecular weight is 291 g/mol. The van der Waals surface area contributed by atoms with Crippen molar-refractivity contribution in [1.82, 2.24) is 0 Å². The molecule has 2 aromatic carbocycles. The van der Waals surface area contributed by atoms with Crippen LogP contribution < -0.4 is 4.74 Å². The van der Waals surface area contributed by atoms with Crippen LogP contribution in [0.4, 0.5) is 0 Å². The summed E-state index contributed by atoms with van der Waals surface area (Å²) in [4.78, 5) is 0. The summed E-state index contributed by atoms with van der Waals surface area (Å²) in [5, 5.41) is 9.51. The van der Waals surface area contributed by atoms with E-state index in [0.717, 1.165) is 24.2 Å². The summed E-state index contributed by atoms with van der Waals surface area (Å²) in [6, 6.07) is 15.4. The molecule has 0 aliphatic carbocycles. The van der Waals surface area contributed by atoms with Gasteiger partial charge >= 0.3 is 0 Å². The summed E-state index contributed by atoms with van der Waals surface area (Å²) in [7, 11) is 1.67. The lowest BCUT2D eigenvalue weighted by molar-refractivity contribution is 0.414. The minimum absolute atomic E-state index is 0.303. The first-order chi connectivity index (χ1) is 9.71. The standard InChI is InChI=1S/C17H19ClO2/c1-20-17-7-3-5-14(11-17)9-15(12-18)8-13-4-2-6-16(19)10-13/h2-7,10-11,15,19H,8-9,12H2,1H3. The van der Waals surface area contributed by atoms with Gasteiger partial charge in [0.1, 0.15) is 11.5 Å². The lowest BCUT2D eigenvalue weighted by Gasteiger charge is -2.15. The maximum Gasteiger partial charge on any atom is 0.119 e. The molecule has 0 heterocycles. The second-order valence-electron chi connectivity index (χ2n) is 4.95. The molecular weight excluding hydrogens is 272 g/mol. The topological polar surface area (TPSA) is 29.5 Å². The van der Waals surface area contributed by atoms with Crippen LogP contribution >= 0.6 is 11.6 Å². The summed E-state index contributed by atoms with van der Waals surface area (Å²) in [5.41, 5.74) is 2.33. The van der Waals surface area contributed by atoms with Crippen molar-refractivity contribution in [2.24, 2.45) is 5.92 Å². The van der Waals surface area contributed by atoms with Crippen molar-refractivity contribution < 1.29 is 9.84 Å². The molecule has 2 aromatic rings. The molecule has 1 atom stereocenters. The average Bonchev–Trinajstić information content (AvgIpc) is 2.47. The number of phenols is 1. The van der Waals surface area contributed by atoms with Crippen molar-refractivity contribution in [3.63, 3.8) is 0 Å². The molecule has 0 bridgehead atoms. The van der Waals surface area contributed by atoms with E-state index in [0.29, 0.717) is 17.5 Å². The van der Waals surface area contributed by atoms with Gasteiger partial charge in [0.15, 0.2) is 0 Å². The van der Waals surface area contributed by atoms with Gasteiger partial charge in [-0.15, -0.1) is 11.6 Å².